The number of halogens is 1. The number of primary amides is 1. The lowest BCUT2D eigenvalue weighted by molar-refractivity contribution is -0.117. The summed E-state index contributed by atoms with van der Waals surface area (Å²) in [4.78, 5) is 24.2. The van der Waals surface area contributed by atoms with Gasteiger partial charge in [0, 0.05) is 50.0 Å². The van der Waals surface area contributed by atoms with Crippen molar-refractivity contribution in [2.24, 2.45) is 5.73 Å². The number of ether oxygens (including phenoxy) is 3. The van der Waals surface area contributed by atoms with Crippen molar-refractivity contribution in [2.75, 3.05) is 58.6 Å². The van der Waals surface area contributed by atoms with Crippen LogP contribution in [0.1, 0.15) is 12.1 Å². The summed E-state index contributed by atoms with van der Waals surface area (Å²) in [6, 6.07) is 11.2. The normalized spacial score (nSPS) is 11.2. The number of aliphatic hydroxyl groups is 1. The molecule has 0 fully saturated rings. The second kappa shape index (κ2) is 14.3. The van der Waals surface area contributed by atoms with Crippen molar-refractivity contribution in [2.45, 2.75) is 12.8 Å². The Balaban J connectivity index is 1.65. The van der Waals surface area contributed by atoms with E-state index in [0.717, 1.165) is 19.5 Å². The number of H-pyrrole nitrogens is 1. The van der Waals surface area contributed by atoms with Crippen molar-refractivity contribution in [1.82, 2.24) is 25.1 Å². The Morgan fingerprint density at radius 3 is 2.66 bits per heavy atom. The zero-order valence-corrected chi connectivity index (χ0v) is 23.0. The van der Waals surface area contributed by atoms with Crippen molar-refractivity contribution in [1.29, 1.82) is 0 Å². The summed E-state index contributed by atoms with van der Waals surface area (Å²) in [5.74, 6) is 0.824. The molecule has 4 aromatic rings. The number of aromatic amines is 1. The highest BCUT2D eigenvalue weighted by Gasteiger charge is 2.22. The highest BCUT2D eigenvalue weighted by molar-refractivity contribution is 5.96. The number of carbonyl (C=O) groups excluding carboxylic acids is 1. The molecule has 0 bridgehead atoms. The van der Waals surface area contributed by atoms with Gasteiger partial charge in [-0.05, 0) is 30.7 Å². The Bertz CT molecular complexity index is 1450. The average molecular weight is 568 g/mol. The average Bonchev–Trinajstić information content (AvgIpc) is 3.40. The van der Waals surface area contributed by atoms with E-state index < -0.39 is 11.7 Å². The predicted octanol–water partition coefficient (Wildman–Crippen LogP) is 2.71. The molecule has 41 heavy (non-hydrogen) atoms. The first-order valence-corrected chi connectivity index (χ1v) is 13.1. The Hall–Kier alpha value is -4.33. The highest BCUT2D eigenvalue weighted by Crippen LogP contribution is 2.40. The summed E-state index contributed by atoms with van der Waals surface area (Å²) < 4.78 is 31.2. The monoisotopic (exact) mass is 567 g/mol. The van der Waals surface area contributed by atoms with E-state index >= 15 is 0 Å². The fourth-order valence-electron chi connectivity index (χ4n) is 4.39. The Morgan fingerprint density at radius 1 is 1.07 bits per heavy atom. The molecule has 0 saturated heterocycles. The number of nitrogens with two attached hydrogens (primary N) is 1. The maximum atomic E-state index is 14.3. The van der Waals surface area contributed by atoms with Crippen LogP contribution in [-0.4, -0.2) is 89.8 Å². The van der Waals surface area contributed by atoms with E-state index in [4.69, 9.17) is 19.9 Å². The number of aliphatic hydroxyl groups excluding tert-OH is 1. The topological polar surface area (TPSA) is 152 Å². The second-order valence-corrected chi connectivity index (χ2v) is 9.19. The molecule has 2 aromatic heterocycles. The summed E-state index contributed by atoms with van der Waals surface area (Å²) >= 11 is 0. The SMILES string of the molecule is COCCN(CCO)CCCOc1cc2ncnc(N(c3cccc(F)c3)c3cc(CC(N)=O)[nH]n3)c2cc1OC. The minimum absolute atomic E-state index is 0.0345. The zero-order valence-electron chi connectivity index (χ0n) is 23.0. The van der Waals surface area contributed by atoms with Gasteiger partial charge in [-0.15, -0.1) is 0 Å². The van der Waals surface area contributed by atoms with Crippen LogP contribution >= 0.6 is 0 Å². The van der Waals surface area contributed by atoms with Crippen molar-refractivity contribution in [3.05, 3.63) is 60.3 Å². The summed E-state index contributed by atoms with van der Waals surface area (Å²) in [6.07, 6.45) is 2.09. The molecular weight excluding hydrogens is 533 g/mol. The van der Waals surface area contributed by atoms with Crippen LogP contribution < -0.4 is 20.1 Å². The molecule has 0 spiro atoms. The molecule has 0 radical (unpaired) electrons. The largest absolute Gasteiger partial charge is 0.493 e. The molecule has 0 saturated carbocycles. The summed E-state index contributed by atoms with van der Waals surface area (Å²) in [7, 11) is 3.19. The number of hydrogen-bond acceptors (Lipinski definition) is 10. The minimum Gasteiger partial charge on any atom is -0.493 e. The standard InChI is InChI=1S/C28H34FN7O5/c1-39-12-9-35(8-10-37)7-4-11-41-25-17-23-22(16-24(25)40-2)28(32-18-31-23)36(21-6-3-5-19(29)13-21)27-15-20(33-34-27)14-26(30)38/h3,5-6,13,15-18,37H,4,7-12,14H2,1-2H3,(H2,30,38)(H,33,34). The molecule has 0 atom stereocenters. The van der Waals surface area contributed by atoms with Crippen LogP contribution in [0.5, 0.6) is 11.5 Å². The van der Waals surface area contributed by atoms with Gasteiger partial charge in [0.05, 0.1) is 44.6 Å². The smallest absolute Gasteiger partial charge is 0.223 e. The molecule has 1 amide bonds. The van der Waals surface area contributed by atoms with Gasteiger partial charge in [0.2, 0.25) is 5.91 Å². The summed E-state index contributed by atoms with van der Waals surface area (Å²) in [6.45, 7) is 3.08. The molecular formula is C28H34FN7O5. The third-order valence-electron chi connectivity index (χ3n) is 6.29. The molecule has 12 nitrogen and oxygen atoms in total. The number of fused-ring (bicyclic) bond motifs is 1. The van der Waals surface area contributed by atoms with E-state index in [0.29, 0.717) is 65.2 Å². The van der Waals surface area contributed by atoms with Crippen molar-refractivity contribution < 1.29 is 28.5 Å². The summed E-state index contributed by atoms with van der Waals surface area (Å²) in [5, 5.41) is 17.1. The first-order chi connectivity index (χ1) is 19.9. The number of benzene rings is 2. The Morgan fingerprint density at radius 2 is 1.93 bits per heavy atom. The van der Waals surface area contributed by atoms with E-state index in [1.165, 1.54) is 18.5 Å². The molecule has 4 rings (SSSR count). The number of nitrogens with zero attached hydrogens (tertiary/aromatic N) is 5. The number of amides is 1. The maximum Gasteiger partial charge on any atom is 0.223 e. The number of anilines is 3. The quantitative estimate of drug-likeness (QED) is 0.172. The van der Waals surface area contributed by atoms with Gasteiger partial charge in [-0.1, -0.05) is 6.07 Å². The van der Waals surface area contributed by atoms with Gasteiger partial charge in [0.15, 0.2) is 17.3 Å². The second-order valence-electron chi connectivity index (χ2n) is 9.19. The van der Waals surface area contributed by atoms with Crippen LogP contribution in [0.3, 0.4) is 0 Å². The van der Waals surface area contributed by atoms with Crippen molar-refractivity contribution >= 4 is 34.1 Å². The first-order valence-electron chi connectivity index (χ1n) is 13.1. The maximum absolute atomic E-state index is 14.3. The Labute approximate surface area is 236 Å². The molecule has 4 N–H and O–H groups in total. The molecule has 0 aliphatic heterocycles. The molecule has 2 aromatic carbocycles. The third-order valence-corrected chi connectivity index (χ3v) is 6.29. The molecule has 13 heteroatoms. The predicted molar refractivity (Wildman–Crippen MR) is 151 cm³/mol. The number of aromatic nitrogens is 4. The van der Waals surface area contributed by atoms with E-state index in [9.17, 15) is 14.3 Å². The third kappa shape index (κ3) is 7.66. The molecule has 218 valence electrons. The molecule has 0 aliphatic carbocycles. The van der Waals surface area contributed by atoms with Crippen LogP contribution in [0, 0.1) is 5.82 Å². The summed E-state index contributed by atoms with van der Waals surface area (Å²) in [5.41, 5.74) is 6.88. The van der Waals surface area contributed by atoms with E-state index in [2.05, 4.69) is 25.1 Å². The first kappa shape index (κ1) is 29.6. The van der Waals surface area contributed by atoms with Gasteiger partial charge in [0.25, 0.3) is 0 Å². The van der Waals surface area contributed by atoms with Crippen LogP contribution in [0.2, 0.25) is 0 Å². The van der Waals surface area contributed by atoms with Gasteiger partial charge in [-0.3, -0.25) is 19.7 Å². The zero-order chi connectivity index (χ0) is 29.2. The fraction of sp³-hybridized carbons (Fsp3) is 0.357. The van der Waals surface area contributed by atoms with Crippen LogP contribution in [0.25, 0.3) is 10.9 Å². The van der Waals surface area contributed by atoms with Crippen LogP contribution in [0.4, 0.5) is 21.7 Å². The van der Waals surface area contributed by atoms with Crippen LogP contribution in [-0.2, 0) is 16.0 Å². The van der Waals surface area contributed by atoms with E-state index in [1.54, 1.807) is 49.5 Å². The highest BCUT2D eigenvalue weighted by atomic mass is 19.1. The fourth-order valence-corrected chi connectivity index (χ4v) is 4.39. The van der Waals surface area contributed by atoms with E-state index in [1.807, 2.05) is 0 Å². The molecule has 2 heterocycles. The Kier molecular flexibility index (Phi) is 10.4. The lowest BCUT2D eigenvalue weighted by Crippen LogP contribution is -2.32. The van der Waals surface area contributed by atoms with Crippen molar-refractivity contribution in [3.8, 4) is 11.5 Å². The molecule has 0 aliphatic rings. The lowest BCUT2D eigenvalue weighted by atomic mass is 10.1. The number of hydrogen-bond donors (Lipinski definition) is 3. The van der Waals surface area contributed by atoms with Gasteiger partial charge in [0.1, 0.15) is 18.0 Å². The number of methoxy groups -OCH3 is 2. The van der Waals surface area contributed by atoms with Gasteiger partial charge in [-0.2, -0.15) is 5.10 Å². The van der Waals surface area contributed by atoms with Gasteiger partial charge >= 0.3 is 0 Å². The minimum atomic E-state index is -0.515. The lowest BCUT2D eigenvalue weighted by Gasteiger charge is -2.23. The van der Waals surface area contributed by atoms with Crippen molar-refractivity contribution in [3.63, 3.8) is 0 Å². The number of carbonyl (C=O) groups is 1. The number of nitrogens with one attached hydrogen (secondary N) is 1. The number of rotatable bonds is 16. The van der Waals surface area contributed by atoms with Crippen LogP contribution in [0.15, 0.2) is 48.8 Å². The van der Waals surface area contributed by atoms with E-state index in [-0.39, 0.29) is 13.0 Å². The molecule has 0 unspecified atom stereocenters. The van der Waals surface area contributed by atoms with Gasteiger partial charge in [-0.25, -0.2) is 14.4 Å². The van der Waals surface area contributed by atoms with Gasteiger partial charge < -0.3 is 25.1 Å².